The molecular weight excluding hydrogens is 379 g/mol. The minimum absolute atomic E-state index is 1.17. The predicted octanol–water partition coefficient (Wildman–Crippen LogP) is 11.5. The van der Waals surface area contributed by atoms with Crippen LogP contribution in [0.2, 0.25) is 0 Å². The molecule has 182 valence electrons. The second kappa shape index (κ2) is 29.4. The summed E-state index contributed by atoms with van der Waals surface area (Å²) in [5, 5.41) is 0. The molecule has 0 nitrogen and oxygen atoms in total. The maximum Gasteiger partial charge on any atom is -0.0356 e. The summed E-state index contributed by atoms with van der Waals surface area (Å²) < 4.78 is 0. The predicted molar refractivity (Wildman–Crippen MR) is 145 cm³/mol. The summed E-state index contributed by atoms with van der Waals surface area (Å²) in [6.07, 6.45) is 40.1. The van der Waals surface area contributed by atoms with Crippen molar-refractivity contribution in [3.63, 3.8) is 0 Å². The molecule has 0 aromatic rings. The molecule has 0 amide bonds. The minimum atomic E-state index is 1.17. The molecular formula is C29H61P. The van der Waals surface area contributed by atoms with E-state index in [9.17, 15) is 0 Å². The van der Waals surface area contributed by atoms with Crippen LogP contribution < -0.4 is 0 Å². The van der Waals surface area contributed by atoms with Crippen LogP contribution in [-0.4, -0.2) is 12.8 Å². The molecule has 0 fully saturated rings. The second-order valence-corrected chi connectivity index (χ2v) is 11.1. The molecule has 30 heavy (non-hydrogen) atoms. The lowest BCUT2D eigenvalue weighted by atomic mass is 10.0. The van der Waals surface area contributed by atoms with Crippen molar-refractivity contribution in [3.8, 4) is 0 Å². The molecule has 0 saturated carbocycles. The molecule has 0 N–H and O–H groups in total. The molecule has 1 heteroatoms. The lowest BCUT2D eigenvalue weighted by Gasteiger charge is -2.04. The van der Waals surface area contributed by atoms with Gasteiger partial charge in [-0.1, -0.05) is 167 Å². The normalized spacial score (nSPS) is 11.8. The third-order valence-corrected chi connectivity index (χ3v) is 7.63. The van der Waals surface area contributed by atoms with Crippen molar-refractivity contribution in [2.24, 2.45) is 0 Å². The van der Waals surface area contributed by atoms with E-state index >= 15 is 0 Å². The topological polar surface area (TPSA) is 0 Å². The quantitative estimate of drug-likeness (QED) is 0.0879. The first-order valence-corrected chi connectivity index (χ1v) is 16.3. The van der Waals surface area contributed by atoms with Gasteiger partial charge in [0.1, 0.15) is 0 Å². The van der Waals surface area contributed by atoms with Crippen molar-refractivity contribution < 1.29 is 0 Å². The standard InChI is InChI=1S/C29H61P/c1-3-4-5-6-7-8-9-10-11-12-13-14-15-16-17-18-19-20-21-22-23-24-25-26-27-28-29-30-2/h30H,3-29H2,1-2H3. The molecule has 0 aliphatic carbocycles. The van der Waals surface area contributed by atoms with Crippen LogP contribution in [0.25, 0.3) is 0 Å². The molecule has 0 aliphatic heterocycles. The van der Waals surface area contributed by atoms with Gasteiger partial charge in [0.25, 0.3) is 0 Å². The van der Waals surface area contributed by atoms with Gasteiger partial charge in [-0.2, -0.15) is 0 Å². The fourth-order valence-corrected chi connectivity index (χ4v) is 5.22. The van der Waals surface area contributed by atoms with Crippen molar-refractivity contribution in [1.29, 1.82) is 0 Å². The van der Waals surface area contributed by atoms with E-state index in [1.54, 1.807) is 0 Å². The summed E-state index contributed by atoms with van der Waals surface area (Å²) in [7, 11) is 1.17. The van der Waals surface area contributed by atoms with Crippen molar-refractivity contribution in [3.05, 3.63) is 0 Å². The molecule has 0 spiro atoms. The average molecular weight is 441 g/mol. The van der Waals surface area contributed by atoms with Crippen LogP contribution in [-0.2, 0) is 0 Å². The van der Waals surface area contributed by atoms with Gasteiger partial charge < -0.3 is 0 Å². The van der Waals surface area contributed by atoms with Crippen molar-refractivity contribution in [2.45, 2.75) is 174 Å². The zero-order valence-corrected chi connectivity index (χ0v) is 22.6. The van der Waals surface area contributed by atoms with E-state index in [2.05, 4.69) is 13.6 Å². The average Bonchev–Trinajstić information content (AvgIpc) is 2.76. The van der Waals surface area contributed by atoms with Gasteiger partial charge in [0.05, 0.1) is 0 Å². The Morgan fingerprint density at radius 1 is 0.300 bits per heavy atom. The van der Waals surface area contributed by atoms with Crippen LogP contribution in [0, 0.1) is 0 Å². The first kappa shape index (κ1) is 30.4. The Morgan fingerprint density at radius 3 is 0.700 bits per heavy atom. The fraction of sp³-hybridized carbons (Fsp3) is 1.00. The van der Waals surface area contributed by atoms with E-state index in [-0.39, 0.29) is 0 Å². The first-order chi connectivity index (χ1) is 14.9. The van der Waals surface area contributed by atoms with Crippen LogP contribution in [0.3, 0.4) is 0 Å². The molecule has 1 unspecified atom stereocenters. The van der Waals surface area contributed by atoms with Crippen LogP contribution in [0.1, 0.15) is 174 Å². The highest BCUT2D eigenvalue weighted by Crippen LogP contribution is 2.16. The largest absolute Gasteiger partial charge is 0.125 e. The maximum atomic E-state index is 2.33. The van der Waals surface area contributed by atoms with Crippen LogP contribution in [0.5, 0.6) is 0 Å². The minimum Gasteiger partial charge on any atom is -0.125 e. The highest BCUT2D eigenvalue weighted by atomic mass is 31.1. The molecule has 0 radical (unpaired) electrons. The van der Waals surface area contributed by atoms with Gasteiger partial charge in [0.2, 0.25) is 0 Å². The maximum absolute atomic E-state index is 2.33. The molecule has 0 rings (SSSR count). The SMILES string of the molecule is CCCCCCCCCCCCCCCCCCCCCCCCCCCCPC. The Hall–Kier alpha value is 0.430. The van der Waals surface area contributed by atoms with Crippen LogP contribution in [0.15, 0.2) is 0 Å². The van der Waals surface area contributed by atoms with Gasteiger partial charge in [0.15, 0.2) is 0 Å². The lowest BCUT2D eigenvalue weighted by Crippen LogP contribution is -1.85. The third kappa shape index (κ3) is 28.4. The monoisotopic (exact) mass is 440 g/mol. The summed E-state index contributed by atoms with van der Waals surface area (Å²) in [4.78, 5) is 0. The molecule has 0 heterocycles. The number of hydrogen-bond acceptors (Lipinski definition) is 0. The molecule has 0 aliphatic rings. The van der Waals surface area contributed by atoms with Crippen molar-refractivity contribution in [2.75, 3.05) is 12.8 Å². The fourth-order valence-electron chi connectivity index (χ4n) is 4.62. The Balaban J connectivity index is 2.97. The van der Waals surface area contributed by atoms with E-state index in [0.29, 0.717) is 0 Å². The highest BCUT2D eigenvalue weighted by Gasteiger charge is 1.96. The number of rotatable bonds is 27. The summed E-state index contributed by atoms with van der Waals surface area (Å²) in [6.45, 7) is 4.64. The van der Waals surface area contributed by atoms with Crippen LogP contribution >= 0.6 is 8.58 Å². The highest BCUT2D eigenvalue weighted by molar-refractivity contribution is 7.36. The lowest BCUT2D eigenvalue weighted by molar-refractivity contribution is 0.516. The van der Waals surface area contributed by atoms with Gasteiger partial charge in [-0.3, -0.25) is 0 Å². The van der Waals surface area contributed by atoms with Crippen molar-refractivity contribution >= 4 is 8.58 Å². The molecule has 0 saturated heterocycles. The summed E-state index contributed by atoms with van der Waals surface area (Å²) in [5.74, 6) is 0. The molecule has 1 atom stereocenters. The summed E-state index contributed by atoms with van der Waals surface area (Å²) in [5.41, 5.74) is 0. The van der Waals surface area contributed by atoms with E-state index in [0.717, 1.165) is 0 Å². The van der Waals surface area contributed by atoms with Gasteiger partial charge in [-0.05, 0) is 19.2 Å². The zero-order chi connectivity index (χ0) is 21.8. The van der Waals surface area contributed by atoms with E-state index in [1.165, 1.54) is 182 Å². The molecule has 0 aromatic heterocycles. The van der Waals surface area contributed by atoms with Crippen LogP contribution in [0.4, 0.5) is 0 Å². The van der Waals surface area contributed by atoms with Gasteiger partial charge in [0, 0.05) is 0 Å². The smallest absolute Gasteiger partial charge is 0.0356 e. The Labute approximate surface area is 195 Å². The Bertz CT molecular complexity index is 248. The van der Waals surface area contributed by atoms with Crippen molar-refractivity contribution in [1.82, 2.24) is 0 Å². The van der Waals surface area contributed by atoms with E-state index < -0.39 is 0 Å². The zero-order valence-electron chi connectivity index (χ0n) is 21.6. The summed E-state index contributed by atoms with van der Waals surface area (Å²) in [6, 6.07) is 0. The Kier molecular flexibility index (Phi) is 29.9. The number of unbranched alkanes of at least 4 members (excludes halogenated alkanes) is 25. The molecule has 0 bridgehead atoms. The summed E-state index contributed by atoms with van der Waals surface area (Å²) >= 11 is 0. The van der Waals surface area contributed by atoms with Gasteiger partial charge in [-0.15, -0.1) is 8.58 Å². The first-order valence-electron chi connectivity index (χ1n) is 14.6. The Morgan fingerprint density at radius 2 is 0.500 bits per heavy atom. The second-order valence-electron chi connectivity index (χ2n) is 9.94. The van der Waals surface area contributed by atoms with E-state index in [1.807, 2.05) is 0 Å². The van der Waals surface area contributed by atoms with Gasteiger partial charge in [-0.25, -0.2) is 0 Å². The van der Waals surface area contributed by atoms with E-state index in [4.69, 9.17) is 0 Å². The molecule has 0 aromatic carbocycles. The number of hydrogen-bond donors (Lipinski definition) is 0. The van der Waals surface area contributed by atoms with Gasteiger partial charge >= 0.3 is 0 Å². The third-order valence-electron chi connectivity index (χ3n) is 6.78.